The predicted molar refractivity (Wildman–Crippen MR) is 104 cm³/mol. The molecule has 7 nitrogen and oxygen atoms in total. The van der Waals surface area contributed by atoms with Gasteiger partial charge in [0.15, 0.2) is 11.5 Å². The molecule has 1 N–H and O–H groups in total. The zero-order valence-corrected chi connectivity index (χ0v) is 15.7. The molecule has 0 radical (unpaired) electrons. The van der Waals surface area contributed by atoms with E-state index in [9.17, 15) is 14.0 Å². The van der Waals surface area contributed by atoms with Crippen molar-refractivity contribution >= 4 is 23.2 Å². The number of hydrogen-bond acceptors (Lipinski definition) is 5. The number of carbonyl (C=O) groups excluding carboxylic acids is 2. The van der Waals surface area contributed by atoms with Crippen molar-refractivity contribution in [2.45, 2.75) is 11.7 Å². The zero-order chi connectivity index (χ0) is 20.5. The van der Waals surface area contributed by atoms with Crippen molar-refractivity contribution in [1.82, 2.24) is 0 Å². The second-order valence-electron chi connectivity index (χ2n) is 7.86. The molecule has 0 aromatic heterocycles. The first-order valence-electron chi connectivity index (χ1n) is 9.69. The van der Waals surface area contributed by atoms with Gasteiger partial charge < -0.3 is 24.4 Å². The van der Waals surface area contributed by atoms with Gasteiger partial charge in [-0.05, 0) is 30.3 Å². The third-order valence-electron chi connectivity index (χ3n) is 6.16. The van der Waals surface area contributed by atoms with Gasteiger partial charge in [-0.15, -0.1) is 0 Å². The molecule has 2 saturated heterocycles. The maximum absolute atomic E-state index is 13.5. The average Bonchev–Trinajstić information content (AvgIpc) is 3.48. The summed E-state index contributed by atoms with van der Waals surface area (Å²) in [5, 5.41) is 2.73. The van der Waals surface area contributed by atoms with Gasteiger partial charge in [-0.1, -0.05) is 18.2 Å². The Morgan fingerprint density at radius 3 is 2.90 bits per heavy atom. The average molecular weight is 408 g/mol. The Morgan fingerprint density at radius 2 is 2.03 bits per heavy atom. The molecule has 30 heavy (non-hydrogen) atoms. The molecule has 4 aliphatic heterocycles. The van der Waals surface area contributed by atoms with Crippen LogP contribution < -0.4 is 19.7 Å². The molecule has 0 unspecified atom stereocenters. The van der Waals surface area contributed by atoms with Crippen LogP contribution in [-0.4, -0.2) is 36.9 Å². The molecule has 2 amide bonds. The molecule has 4 aliphatic rings. The number of halogens is 1. The molecule has 0 aliphatic carbocycles. The van der Waals surface area contributed by atoms with Gasteiger partial charge in [-0.3, -0.25) is 9.59 Å². The van der Waals surface area contributed by atoms with Crippen LogP contribution in [0.3, 0.4) is 0 Å². The number of nitrogens with zero attached hydrogens (tertiary/aromatic N) is 1. The molecule has 8 heteroatoms. The topological polar surface area (TPSA) is 77.1 Å². The Labute approximate surface area is 171 Å². The summed E-state index contributed by atoms with van der Waals surface area (Å²) in [6, 6.07) is 11.0. The molecule has 2 bridgehead atoms. The minimum absolute atomic E-state index is 0.148. The van der Waals surface area contributed by atoms with Gasteiger partial charge in [0.1, 0.15) is 11.4 Å². The van der Waals surface area contributed by atoms with E-state index in [0.717, 1.165) is 0 Å². The van der Waals surface area contributed by atoms with Crippen LogP contribution in [0.25, 0.3) is 0 Å². The molecular formula is C22H17FN2O5. The van der Waals surface area contributed by atoms with Gasteiger partial charge in [-0.25, -0.2) is 4.39 Å². The van der Waals surface area contributed by atoms with Crippen molar-refractivity contribution in [3.05, 3.63) is 60.4 Å². The van der Waals surface area contributed by atoms with Crippen LogP contribution in [0.4, 0.5) is 15.8 Å². The molecule has 4 atom stereocenters. The standard InChI is InChI=1S/C22H17FN2O5/c23-12-2-1-3-13(8-12)24-20(26)18-16-6-7-22(30-16)10-25(21(27)19(18)22)14-4-5-15-17(9-14)29-11-28-15/h1-9,16,18-19H,10-11H2,(H,24,26)/t16-,18+,19+,22+/m0/s1. The second kappa shape index (κ2) is 6.06. The highest BCUT2D eigenvalue weighted by Gasteiger charge is 2.67. The third-order valence-corrected chi connectivity index (χ3v) is 6.16. The van der Waals surface area contributed by atoms with E-state index in [1.165, 1.54) is 18.2 Å². The molecule has 0 saturated carbocycles. The quantitative estimate of drug-likeness (QED) is 0.790. The van der Waals surface area contributed by atoms with E-state index in [1.54, 1.807) is 29.2 Å². The lowest BCUT2D eigenvalue weighted by Gasteiger charge is -2.23. The highest BCUT2D eigenvalue weighted by molar-refractivity contribution is 6.05. The summed E-state index contributed by atoms with van der Waals surface area (Å²) in [6.45, 7) is 0.460. The largest absolute Gasteiger partial charge is 0.454 e. The summed E-state index contributed by atoms with van der Waals surface area (Å²) in [7, 11) is 0. The second-order valence-corrected chi connectivity index (χ2v) is 7.86. The van der Waals surface area contributed by atoms with Gasteiger partial charge in [0.05, 0.1) is 24.5 Å². The van der Waals surface area contributed by atoms with E-state index in [0.29, 0.717) is 29.4 Å². The minimum Gasteiger partial charge on any atom is -0.454 e. The van der Waals surface area contributed by atoms with E-state index < -0.39 is 29.4 Å². The van der Waals surface area contributed by atoms with Crippen molar-refractivity contribution in [1.29, 1.82) is 0 Å². The summed E-state index contributed by atoms with van der Waals surface area (Å²) >= 11 is 0. The van der Waals surface area contributed by atoms with Crippen molar-refractivity contribution in [3.8, 4) is 11.5 Å². The summed E-state index contributed by atoms with van der Waals surface area (Å²) in [5.74, 6) is -1.11. The summed E-state index contributed by atoms with van der Waals surface area (Å²) in [5.41, 5.74) is 0.166. The van der Waals surface area contributed by atoms with Gasteiger partial charge in [-0.2, -0.15) is 0 Å². The number of carbonyl (C=O) groups is 2. The summed E-state index contributed by atoms with van der Waals surface area (Å²) < 4.78 is 30.4. The van der Waals surface area contributed by atoms with Gasteiger partial charge in [0.25, 0.3) is 0 Å². The SMILES string of the molecule is O=C(Nc1cccc(F)c1)[C@@H]1[C@@H]2C=C[C@]3(CN(c4ccc5c(c4)OCO5)C(=O)[C@@H]13)O2. The van der Waals surface area contributed by atoms with Crippen LogP contribution in [0.5, 0.6) is 11.5 Å². The van der Waals surface area contributed by atoms with Crippen molar-refractivity contribution < 1.29 is 28.2 Å². The number of nitrogens with one attached hydrogen (secondary N) is 1. The number of ether oxygens (including phenoxy) is 3. The van der Waals surface area contributed by atoms with Crippen LogP contribution >= 0.6 is 0 Å². The van der Waals surface area contributed by atoms with E-state index in [2.05, 4.69) is 5.32 Å². The fraction of sp³-hybridized carbons (Fsp3) is 0.273. The lowest BCUT2D eigenvalue weighted by molar-refractivity contribution is -0.128. The van der Waals surface area contributed by atoms with E-state index in [4.69, 9.17) is 14.2 Å². The number of benzene rings is 2. The molecule has 1 spiro atoms. The fourth-order valence-electron chi connectivity index (χ4n) is 4.86. The molecule has 6 rings (SSSR count). The highest BCUT2D eigenvalue weighted by atomic mass is 19.1. The first-order valence-corrected chi connectivity index (χ1v) is 9.69. The summed E-state index contributed by atoms with van der Waals surface area (Å²) in [6.07, 6.45) is 3.24. The van der Waals surface area contributed by atoms with Crippen molar-refractivity contribution in [2.24, 2.45) is 11.8 Å². The Kier molecular flexibility index (Phi) is 3.53. The van der Waals surface area contributed by atoms with Crippen LogP contribution in [0.15, 0.2) is 54.6 Å². The normalized spacial score (nSPS) is 30.1. The Morgan fingerprint density at radius 1 is 1.17 bits per heavy atom. The Bertz CT molecular complexity index is 1120. The number of fused-ring (bicyclic) bond motifs is 2. The van der Waals surface area contributed by atoms with Gasteiger partial charge in [0.2, 0.25) is 18.6 Å². The molecule has 2 fully saturated rings. The highest BCUT2D eigenvalue weighted by Crippen LogP contribution is 2.53. The lowest BCUT2D eigenvalue weighted by atomic mass is 9.77. The first-order chi connectivity index (χ1) is 14.5. The third kappa shape index (κ3) is 2.40. The maximum Gasteiger partial charge on any atom is 0.234 e. The number of rotatable bonds is 3. The fourth-order valence-corrected chi connectivity index (χ4v) is 4.86. The van der Waals surface area contributed by atoms with Crippen LogP contribution in [0, 0.1) is 17.7 Å². The van der Waals surface area contributed by atoms with Gasteiger partial charge >= 0.3 is 0 Å². The maximum atomic E-state index is 13.5. The van der Waals surface area contributed by atoms with E-state index in [1.807, 2.05) is 12.2 Å². The lowest BCUT2D eigenvalue weighted by Crippen LogP contribution is -2.41. The number of anilines is 2. The molecule has 152 valence electrons. The Hall–Kier alpha value is -3.39. The summed E-state index contributed by atoms with van der Waals surface area (Å²) in [4.78, 5) is 28.1. The zero-order valence-electron chi connectivity index (χ0n) is 15.7. The van der Waals surface area contributed by atoms with Crippen LogP contribution in [0.1, 0.15) is 0 Å². The molecule has 2 aromatic carbocycles. The van der Waals surface area contributed by atoms with Crippen LogP contribution in [0.2, 0.25) is 0 Å². The van der Waals surface area contributed by atoms with E-state index >= 15 is 0 Å². The van der Waals surface area contributed by atoms with Crippen LogP contribution in [-0.2, 0) is 14.3 Å². The van der Waals surface area contributed by atoms with Crippen molar-refractivity contribution in [2.75, 3.05) is 23.6 Å². The first kappa shape index (κ1) is 17.5. The minimum atomic E-state index is -0.845. The van der Waals surface area contributed by atoms with Gasteiger partial charge in [0, 0.05) is 17.4 Å². The predicted octanol–water partition coefficient (Wildman–Crippen LogP) is 2.48. The monoisotopic (exact) mass is 408 g/mol. The Balaban J connectivity index is 1.30. The smallest absolute Gasteiger partial charge is 0.234 e. The molecule has 4 heterocycles. The van der Waals surface area contributed by atoms with Crippen molar-refractivity contribution in [3.63, 3.8) is 0 Å². The molecule has 2 aromatic rings. The number of amides is 2. The van der Waals surface area contributed by atoms with E-state index in [-0.39, 0.29) is 18.6 Å². The number of hydrogen-bond donors (Lipinski definition) is 1. The molecular weight excluding hydrogens is 391 g/mol.